The second-order valence-corrected chi connectivity index (χ2v) is 6.97. The van der Waals surface area contributed by atoms with Crippen molar-refractivity contribution in [1.29, 1.82) is 0 Å². The molecule has 1 saturated heterocycles. The van der Waals surface area contributed by atoms with E-state index in [4.69, 9.17) is 20.9 Å². The summed E-state index contributed by atoms with van der Waals surface area (Å²) in [4.78, 5) is 0. The third kappa shape index (κ3) is 3.25. The maximum atomic E-state index is 6.16. The Morgan fingerprint density at radius 1 is 1.16 bits per heavy atom. The van der Waals surface area contributed by atoms with Crippen molar-refractivity contribution in [3.05, 3.63) is 39.2 Å². The third-order valence-corrected chi connectivity index (χ3v) is 4.49. The molecule has 1 heterocycles. The maximum Gasteiger partial charge on any atom is 0.487 e. The van der Waals surface area contributed by atoms with Gasteiger partial charge in [-0.15, -0.1) is 0 Å². The van der Waals surface area contributed by atoms with Crippen molar-refractivity contribution in [2.24, 2.45) is 0 Å². The summed E-state index contributed by atoms with van der Waals surface area (Å²) in [6, 6.07) is 5.77. The summed E-state index contributed by atoms with van der Waals surface area (Å²) >= 11 is 9.55. The zero-order chi connectivity index (χ0) is 14.3. The van der Waals surface area contributed by atoms with Crippen LogP contribution in [0.15, 0.2) is 28.6 Å². The summed E-state index contributed by atoms with van der Waals surface area (Å²) in [6.45, 7) is 8.14. The zero-order valence-corrected chi connectivity index (χ0v) is 13.9. The van der Waals surface area contributed by atoms with Crippen LogP contribution in [0.1, 0.15) is 33.3 Å². The second kappa shape index (κ2) is 5.25. The quantitative estimate of drug-likeness (QED) is 0.722. The molecule has 1 aromatic carbocycles. The van der Waals surface area contributed by atoms with Crippen molar-refractivity contribution in [2.75, 3.05) is 0 Å². The van der Waals surface area contributed by atoms with Gasteiger partial charge in [0.05, 0.1) is 11.2 Å². The highest BCUT2D eigenvalue weighted by molar-refractivity contribution is 9.10. The number of hydrogen-bond acceptors (Lipinski definition) is 2. The Morgan fingerprint density at radius 2 is 1.74 bits per heavy atom. The normalized spacial score (nSPS) is 21.3. The molecule has 0 bridgehead atoms. The van der Waals surface area contributed by atoms with E-state index in [0.717, 1.165) is 10.0 Å². The van der Waals surface area contributed by atoms with Crippen LogP contribution >= 0.6 is 27.5 Å². The SMILES string of the molecule is CC1(C)OB(/C=C/c2ccc(Br)cc2Cl)OC1(C)C. The molecule has 1 aliphatic rings. The average Bonchev–Trinajstić information content (AvgIpc) is 2.46. The molecule has 0 radical (unpaired) electrons. The molecule has 2 nitrogen and oxygen atoms in total. The molecule has 0 saturated carbocycles. The predicted molar refractivity (Wildman–Crippen MR) is 84.3 cm³/mol. The van der Waals surface area contributed by atoms with Gasteiger partial charge in [-0.1, -0.05) is 45.6 Å². The molecule has 0 amide bonds. The Bertz CT molecular complexity index is 498. The van der Waals surface area contributed by atoms with Crippen LogP contribution in [0.5, 0.6) is 0 Å². The van der Waals surface area contributed by atoms with Gasteiger partial charge in [0.15, 0.2) is 0 Å². The Hall–Kier alpha value is -0.285. The summed E-state index contributed by atoms with van der Waals surface area (Å²) < 4.78 is 12.7. The lowest BCUT2D eigenvalue weighted by Crippen LogP contribution is -2.41. The topological polar surface area (TPSA) is 18.5 Å². The molecule has 0 atom stereocenters. The van der Waals surface area contributed by atoms with Gasteiger partial charge in [0.1, 0.15) is 0 Å². The highest BCUT2D eigenvalue weighted by Gasteiger charge is 2.49. The molecule has 0 aromatic heterocycles. The van der Waals surface area contributed by atoms with E-state index in [2.05, 4.69) is 15.9 Å². The van der Waals surface area contributed by atoms with Gasteiger partial charge in [0.2, 0.25) is 0 Å². The van der Waals surface area contributed by atoms with Gasteiger partial charge in [-0.05, 0) is 45.4 Å². The first-order valence-corrected chi connectivity index (χ1v) is 7.37. The smallest absolute Gasteiger partial charge is 0.400 e. The molecular formula is C14H17BBrClO2. The first-order valence-electron chi connectivity index (χ1n) is 6.20. The van der Waals surface area contributed by atoms with Gasteiger partial charge in [-0.3, -0.25) is 0 Å². The van der Waals surface area contributed by atoms with Crippen LogP contribution in [0.3, 0.4) is 0 Å². The molecular weight excluding hydrogens is 326 g/mol. The lowest BCUT2D eigenvalue weighted by molar-refractivity contribution is 0.00578. The lowest BCUT2D eigenvalue weighted by Gasteiger charge is -2.32. The van der Waals surface area contributed by atoms with E-state index in [1.165, 1.54) is 0 Å². The predicted octanol–water partition coefficient (Wildman–Crippen LogP) is 4.75. The molecule has 0 aliphatic carbocycles. The van der Waals surface area contributed by atoms with Crippen LogP contribution in [-0.2, 0) is 9.31 Å². The Kier molecular flexibility index (Phi) is 4.17. The van der Waals surface area contributed by atoms with Crippen LogP contribution in [0, 0.1) is 0 Å². The van der Waals surface area contributed by atoms with Gasteiger partial charge in [-0.2, -0.15) is 0 Å². The summed E-state index contributed by atoms with van der Waals surface area (Å²) in [5.74, 6) is 1.89. The van der Waals surface area contributed by atoms with Crippen molar-refractivity contribution < 1.29 is 9.31 Å². The number of hydrogen-bond donors (Lipinski definition) is 0. The van der Waals surface area contributed by atoms with E-state index in [-0.39, 0.29) is 18.3 Å². The Morgan fingerprint density at radius 3 is 2.26 bits per heavy atom. The molecule has 0 unspecified atom stereocenters. The monoisotopic (exact) mass is 342 g/mol. The van der Waals surface area contributed by atoms with Crippen LogP contribution in [0.25, 0.3) is 6.08 Å². The molecule has 0 spiro atoms. The third-order valence-electron chi connectivity index (χ3n) is 3.67. The van der Waals surface area contributed by atoms with E-state index in [9.17, 15) is 0 Å². The van der Waals surface area contributed by atoms with Crippen LogP contribution in [0.4, 0.5) is 0 Å². The molecule has 1 aromatic rings. The van der Waals surface area contributed by atoms with Crippen molar-refractivity contribution in [1.82, 2.24) is 0 Å². The fourth-order valence-electron chi connectivity index (χ4n) is 1.79. The minimum absolute atomic E-state index is 0.314. The minimum atomic E-state index is -0.343. The van der Waals surface area contributed by atoms with Crippen LogP contribution < -0.4 is 0 Å². The Labute approximate surface area is 128 Å². The van der Waals surface area contributed by atoms with Crippen LogP contribution in [-0.4, -0.2) is 18.3 Å². The van der Waals surface area contributed by atoms with Gasteiger partial charge >= 0.3 is 7.12 Å². The van der Waals surface area contributed by atoms with E-state index < -0.39 is 0 Å². The fourth-order valence-corrected chi connectivity index (χ4v) is 2.52. The zero-order valence-electron chi connectivity index (χ0n) is 11.5. The maximum absolute atomic E-state index is 6.16. The second-order valence-electron chi connectivity index (χ2n) is 5.65. The summed E-state index contributed by atoms with van der Waals surface area (Å²) in [6.07, 6.45) is 1.93. The first-order chi connectivity index (χ1) is 8.71. The standard InChI is InChI=1S/C14H17BBrClO2/c1-13(2)14(3,4)19-15(18-13)8-7-10-5-6-11(16)9-12(10)17/h5-9H,1-4H3/b8-7+. The molecule has 0 N–H and O–H groups in total. The largest absolute Gasteiger partial charge is 0.487 e. The van der Waals surface area contributed by atoms with E-state index >= 15 is 0 Å². The van der Waals surface area contributed by atoms with Crippen molar-refractivity contribution >= 4 is 40.7 Å². The molecule has 1 aliphatic heterocycles. The molecule has 19 heavy (non-hydrogen) atoms. The van der Waals surface area contributed by atoms with Gasteiger partial charge in [0.25, 0.3) is 0 Å². The first kappa shape index (κ1) is 15.1. The number of rotatable bonds is 2. The summed E-state index contributed by atoms with van der Waals surface area (Å²) in [5.41, 5.74) is 0.316. The van der Waals surface area contributed by atoms with Crippen molar-refractivity contribution in [2.45, 2.75) is 38.9 Å². The summed E-state index contributed by atoms with van der Waals surface area (Å²) in [7, 11) is -0.343. The van der Waals surface area contributed by atoms with Gasteiger partial charge < -0.3 is 9.31 Å². The van der Waals surface area contributed by atoms with E-state index in [1.807, 2.05) is 57.9 Å². The molecule has 2 rings (SSSR count). The van der Waals surface area contributed by atoms with Crippen molar-refractivity contribution in [3.8, 4) is 0 Å². The minimum Gasteiger partial charge on any atom is -0.400 e. The Balaban J connectivity index is 2.13. The van der Waals surface area contributed by atoms with E-state index in [0.29, 0.717) is 5.02 Å². The highest BCUT2D eigenvalue weighted by atomic mass is 79.9. The lowest BCUT2D eigenvalue weighted by atomic mass is 9.89. The molecule has 5 heteroatoms. The molecule has 102 valence electrons. The van der Waals surface area contributed by atoms with Crippen molar-refractivity contribution in [3.63, 3.8) is 0 Å². The van der Waals surface area contributed by atoms with E-state index in [1.54, 1.807) is 0 Å². The highest BCUT2D eigenvalue weighted by Crippen LogP contribution is 2.37. The molecule has 1 fully saturated rings. The van der Waals surface area contributed by atoms with Gasteiger partial charge in [0, 0.05) is 9.50 Å². The number of benzene rings is 1. The van der Waals surface area contributed by atoms with Gasteiger partial charge in [-0.25, -0.2) is 0 Å². The summed E-state index contributed by atoms with van der Waals surface area (Å²) in [5, 5.41) is 0.696. The fraction of sp³-hybridized carbons (Fsp3) is 0.429. The van der Waals surface area contributed by atoms with Crippen LogP contribution in [0.2, 0.25) is 5.02 Å². The number of halogens is 2. The average molecular weight is 343 g/mol.